The molecule has 2 atom stereocenters. The van der Waals surface area contributed by atoms with Crippen LogP contribution in [0.15, 0.2) is 48.5 Å². The van der Waals surface area contributed by atoms with Gasteiger partial charge >= 0.3 is 6.03 Å². The van der Waals surface area contributed by atoms with Crippen molar-refractivity contribution in [2.75, 3.05) is 4.90 Å². The number of fused-ring (bicyclic) bond motifs is 1. The minimum absolute atomic E-state index is 0.181. The molecule has 0 saturated carbocycles. The highest BCUT2D eigenvalue weighted by Crippen LogP contribution is 2.35. The standard InChI is InChI=1S/C18H18ClN3O2/c1-11(12-6-4-7-14(19)9-12)22-16-8-3-2-5-13(16)10-15(17(22)23)21-18(20)24/h2-9,11,15H,10H2,1H3,(H3,20,21,24)/t11?,15-/m1/s1. The zero-order valence-electron chi connectivity index (χ0n) is 13.2. The molecule has 3 amide bonds. The molecule has 0 aliphatic carbocycles. The lowest BCUT2D eigenvalue weighted by Gasteiger charge is -2.38. The van der Waals surface area contributed by atoms with Crippen molar-refractivity contribution in [2.24, 2.45) is 5.73 Å². The minimum Gasteiger partial charge on any atom is -0.352 e. The molecule has 6 heteroatoms. The summed E-state index contributed by atoms with van der Waals surface area (Å²) in [4.78, 5) is 25.9. The summed E-state index contributed by atoms with van der Waals surface area (Å²) in [5.41, 5.74) is 7.98. The number of para-hydroxylation sites is 1. The first-order chi connectivity index (χ1) is 11.5. The Balaban J connectivity index is 2.03. The Hall–Kier alpha value is -2.53. The molecule has 1 aliphatic rings. The van der Waals surface area contributed by atoms with Gasteiger partial charge in [0.1, 0.15) is 6.04 Å². The van der Waals surface area contributed by atoms with Crippen molar-refractivity contribution >= 4 is 29.2 Å². The Bertz CT molecular complexity index is 793. The first-order valence-corrected chi connectivity index (χ1v) is 8.07. The van der Waals surface area contributed by atoms with Gasteiger partial charge in [0.05, 0.1) is 6.04 Å². The van der Waals surface area contributed by atoms with Crippen LogP contribution in [0.4, 0.5) is 10.5 Å². The molecule has 2 aromatic rings. The number of carbonyl (C=O) groups excluding carboxylic acids is 2. The molecule has 5 nitrogen and oxygen atoms in total. The number of rotatable bonds is 3. The lowest BCUT2D eigenvalue weighted by molar-refractivity contribution is -0.121. The number of amides is 3. The molecule has 2 aromatic carbocycles. The predicted octanol–water partition coefficient (Wildman–Crippen LogP) is 3.03. The zero-order chi connectivity index (χ0) is 17.3. The third-order valence-electron chi connectivity index (χ3n) is 4.25. The molecule has 0 spiro atoms. The highest BCUT2D eigenvalue weighted by atomic mass is 35.5. The average molecular weight is 344 g/mol. The van der Waals surface area contributed by atoms with Crippen LogP contribution in [-0.2, 0) is 11.2 Å². The average Bonchev–Trinajstić information content (AvgIpc) is 2.55. The maximum Gasteiger partial charge on any atom is 0.312 e. The zero-order valence-corrected chi connectivity index (χ0v) is 14.0. The Morgan fingerprint density at radius 2 is 2.04 bits per heavy atom. The molecule has 0 bridgehead atoms. The summed E-state index contributed by atoms with van der Waals surface area (Å²) in [5, 5.41) is 3.16. The van der Waals surface area contributed by atoms with Crippen molar-refractivity contribution in [3.63, 3.8) is 0 Å². The van der Waals surface area contributed by atoms with Crippen molar-refractivity contribution in [1.82, 2.24) is 5.32 Å². The SMILES string of the molecule is CC(c1cccc(Cl)c1)N1C(=O)[C@H](NC(N)=O)Cc2ccccc21. The largest absolute Gasteiger partial charge is 0.352 e. The van der Waals surface area contributed by atoms with Gasteiger partial charge in [0.25, 0.3) is 5.91 Å². The highest BCUT2D eigenvalue weighted by molar-refractivity contribution is 6.30. The Morgan fingerprint density at radius 1 is 1.29 bits per heavy atom. The fraction of sp³-hybridized carbons (Fsp3) is 0.222. The van der Waals surface area contributed by atoms with E-state index in [2.05, 4.69) is 5.32 Å². The van der Waals surface area contributed by atoms with E-state index in [4.69, 9.17) is 17.3 Å². The summed E-state index contributed by atoms with van der Waals surface area (Å²) in [7, 11) is 0. The van der Waals surface area contributed by atoms with Crippen LogP contribution >= 0.6 is 11.6 Å². The number of urea groups is 1. The molecule has 24 heavy (non-hydrogen) atoms. The summed E-state index contributed by atoms with van der Waals surface area (Å²) < 4.78 is 0. The molecule has 0 saturated heterocycles. The normalized spacial score (nSPS) is 18.0. The monoisotopic (exact) mass is 343 g/mol. The van der Waals surface area contributed by atoms with Crippen LogP contribution in [0.1, 0.15) is 24.1 Å². The van der Waals surface area contributed by atoms with Gasteiger partial charge in [-0.25, -0.2) is 4.79 Å². The van der Waals surface area contributed by atoms with Crippen LogP contribution < -0.4 is 16.0 Å². The van der Waals surface area contributed by atoms with Gasteiger partial charge in [-0.05, 0) is 36.2 Å². The summed E-state index contributed by atoms with van der Waals surface area (Å²) in [5.74, 6) is -0.181. The van der Waals surface area contributed by atoms with Gasteiger partial charge in [0, 0.05) is 17.1 Å². The van der Waals surface area contributed by atoms with Crippen LogP contribution in [0.2, 0.25) is 5.02 Å². The van der Waals surface area contributed by atoms with Crippen LogP contribution in [0.3, 0.4) is 0 Å². The molecule has 0 fully saturated rings. The maximum atomic E-state index is 12.9. The van der Waals surface area contributed by atoms with E-state index in [1.165, 1.54) is 0 Å². The Kier molecular flexibility index (Phi) is 4.44. The molecule has 1 aliphatic heterocycles. The van der Waals surface area contributed by atoms with Gasteiger partial charge < -0.3 is 16.0 Å². The number of hydrogen-bond acceptors (Lipinski definition) is 2. The van der Waals surface area contributed by atoms with Crippen LogP contribution in [0.25, 0.3) is 0 Å². The van der Waals surface area contributed by atoms with Gasteiger partial charge in [-0.15, -0.1) is 0 Å². The minimum atomic E-state index is -0.705. The van der Waals surface area contributed by atoms with Crippen molar-refractivity contribution in [3.05, 3.63) is 64.7 Å². The van der Waals surface area contributed by atoms with E-state index in [1.54, 1.807) is 11.0 Å². The van der Waals surface area contributed by atoms with Gasteiger partial charge in [0.2, 0.25) is 0 Å². The number of nitrogens with two attached hydrogens (primary N) is 1. The van der Waals surface area contributed by atoms with Crippen LogP contribution in [-0.4, -0.2) is 18.0 Å². The maximum absolute atomic E-state index is 12.9. The molecule has 1 unspecified atom stereocenters. The summed E-state index contributed by atoms with van der Waals surface area (Å²) >= 11 is 6.08. The second kappa shape index (κ2) is 6.53. The number of primary amides is 1. The number of carbonyl (C=O) groups is 2. The highest BCUT2D eigenvalue weighted by Gasteiger charge is 2.36. The molecule has 124 valence electrons. The van der Waals surface area contributed by atoms with Gasteiger partial charge in [-0.1, -0.05) is 41.9 Å². The van der Waals surface area contributed by atoms with E-state index in [0.29, 0.717) is 11.4 Å². The summed E-state index contributed by atoms with van der Waals surface area (Å²) in [6.07, 6.45) is 0.427. The molecule has 3 rings (SSSR count). The van der Waals surface area contributed by atoms with Gasteiger partial charge in [-0.3, -0.25) is 4.79 Å². The van der Waals surface area contributed by atoms with E-state index >= 15 is 0 Å². The fourth-order valence-electron chi connectivity index (χ4n) is 3.11. The summed E-state index contributed by atoms with van der Waals surface area (Å²) in [6, 6.07) is 13.5. The first-order valence-electron chi connectivity index (χ1n) is 7.70. The quantitative estimate of drug-likeness (QED) is 0.898. The van der Waals surface area contributed by atoms with Crippen LogP contribution in [0, 0.1) is 0 Å². The number of anilines is 1. The third kappa shape index (κ3) is 3.08. The number of nitrogens with one attached hydrogen (secondary N) is 1. The first kappa shape index (κ1) is 16.3. The number of benzene rings is 2. The second-order valence-corrected chi connectivity index (χ2v) is 6.27. The smallest absolute Gasteiger partial charge is 0.312 e. The lowest BCUT2D eigenvalue weighted by Crippen LogP contribution is -2.54. The molecule has 0 aromatic heterocycles. The van der Waals surface area contributed by atoms with E-state index in [0.717, 1.165) is 16.8 Å². The molecular weight excluding hydrogens is 326 g/mol. The number of nitrogens with zero attached hydrogens (tertiary/aromatic N) is 1. The molecule has 0 radical (unpaired) electrons. The molecule has 1 heterocycles. The van der Waals surface area contributed by atoms with Crippen molar-refractivity contribution in [1.29, 1.82) is 0 Å². The number of hydrogen-bond donors (Lipinski definition) is 2. The van der Waals surface area contributed by atoms with E-state index < -0.39 is 12.1 Å². The molecule has 3 N–H and O–H groups in total. The van der Waals surface area contributed by atoms with Gasteiger partial charge in [0.15, 0.2) is 0 Å². The third-order valence-corrected chi connectivity index (χ3v) is 4.48. The molecular formula is C18H18ClN3O2. The Labute approximate surface area is 145 Å². The van der Waals surface area contributed by atoms with E-state index in [9.17, 15) is 9.59 Å². The van der Waals surface area contributed by atoms with Crippen molar-refractivity contribution in [2.45, 2.75) is 25.4 Å². The topological polar surface area (TPSA) is 75.4 Å². The predicted molar refractivity (Wildman–Crippen MR) is 94.0 cm³/mol. The fourth-order valence-corrected chi connectivity index (χ4v) is 3.31. The van der Waals surface area contributed by atoms with Gasteiger partial charge in [-0.2, -0.15) is 0 Å². The van der Waals surface area contributed by atoms with Crippen LogP contribution in [0.5, 0.6) is 0 Å². The summed E-state index contributed by atoms with van der Waals surface area (Å²) in [6.45, 7) is 1.94. The van der Waals surface area contributed by atoms with Crippen molar-refractivity contribution < 1.29 is 9.59 Å². The van der Waals surface area contributed by atoms with E-state index in [1.807, 2.05) is 49.4 Å². The Morgan fingerprint density at radius 3 is 2.75 bits per heavy atom. The number of halogens is 1. The lowest BCUT2D eigenvalue weighted by atomic mass is 9.94. The van der Waals surface area contributed by atoms with E-state index in [-0.39, 0.29) is 11.9 Å². The van der Waals surface area contributed by atoms with Crippen molar-refractivity contribution in [3.8, 4) is 0 Å². The second-order valence-electron chi connectivity index (χ2n) is 5.83.